The minimum atomic E-state index is -4.81. The molecule has 1 amide bonds. The first-order valence-electron chi connectivity index (χ1n) is 17.5. The monoisotopic (exact) mass is 747 g/mol. The average Bonchev–Trinajstić information content (AvgIpc) is 3.40. The molecular weight excluding hydrogens is 702 g/mol. The van der Waals surface area contributed by atoms with Crippen LogP contribution < -0.4 is 15.4 Å². The summed E-state index contributed by atoms with van der Waals surface area (Å²) in [5, 5.41) is 5.76. The Morgan fingerprint density at radius 3 is 2.29 bits per heavy atom. The summed E-state index contributed by atoms with van der Waals surface area (Å²) in [5.74, 6) is -0.967. The van der Waals surface area contributed by atoms with Crippen molar-refractivity contribution in [2.24, 2.45) is 5.92 Å². The standard InChI is InChI=1S/C36H45F3N5O7P/c1-6-48-30-18-22(21-52(47,50-8-3)51-9-4)10-16-28(30)42-35-40-19-27(36(37,38)39)32(43-35)41-29-17-15-25(26-20-44(5)33(45)31(26)29)23-11-13-24(14-12-23)34(46)49-7-2/h10,15-19,23-24H,6-9,11-14,20-21H2,1-5H3,(H2,40,41,42,43)/t23-,24+. The van der Waals surface area contributed by atoms with E-state index in [2.05, 4.69) is 20.6 Å². The van der Waals surface area contributed by atoms with Gasteiger partial charge >= 0.3 is 19.7 Å². The number of aromatic nitrogens is 2. The number of fused-ring (bicyclic) bond motifs is 1. The molecule has 0 saturated heterocycles. The van der Waals surface area contributed by atoms with Gasteiger partial charge in [-0.05, 0) is 94.2 Å². The van der Waals surface area contributed by atoms with E-state index in [4.69, 9.17) is 18.5 Å². The van der Waals surface area contributed by atoms with Gasteiger partial charge in [0.1, 0.15) is 17.1 Å². The summed E-state index contributed by atoms with van der Waals surface area (Å²) >= 11 is 0. The maximum Gasteiger partial charge on any atom is 0.421 e. The molecule has 282 valence electrons. The van der Waals surface area contributed by atoms with Crippen molar-refractivity contribution in [1.29, 1.82) is 0 Å². The predicted molar refractivity (Wildman–Crippen MR) is 189 cm³/mol. The molecule has 1 aliphatic heterocycles. The molecule has 1 aliphatic carbocycles. The maximum absolute atomic E-state index is 14.3. The summed E-state index contributed by atoms with van der Waals surface area (Å²) in [4.78, 5) is 35.4. The Hall–Kier alpha value is -4.20. The number of esters is 1. The number of nitrogens with one attached hydrogen (secondary N) is 2. The van der Waals surface area contributed by atoms with Crippen LogP contribution in [-0.2, 0) is 42.0 Å². The fourth-order valence-corrected chi connectivity index (χ4v) is 8.43. The van der Waals surface area contributed by atoms with Crippen molar-refractivity contribution in [3.05, 3.63) is 64.3 Å². The molecule has 0 unspecified atom stereocenters. The van der Waals surface area contributed by atoms with Crippen molar-refractivity contribution in [2.75, 3.05) is 44.1 Å². The first-order chi connectivity index (χ1) is 24.8. The zero-order valence-corrected chi connectivity index (χ0v) is 30.9. The van der Waals surface area contributed by atoms with Crippen LogP contribution in [0.4, 0.5) is 36.3 Å². The Bertz CT molecular complexity index is 1810. The number of hydrogen-bond donors (Lipinski definition) is 2. The van der Waals surface area contributed by atoms with Crippen LogP contribution in [0.5, 0.6) is 5.75 Å². The van der Waals surface area contributed by atoms with Crippen LogP contribution >= 0.6 is 7.60 Å². The first kappa shape index (κ1) is 39.0. The van der Waals surface area contributed by atoms with E-state index in [1.807, 2.05) is 6.07 Å². The van der Waals surface area contributed by atoms with Crippen LogP contribution in [-0.4, -0.2) is 60.2 Å². The Kier molecular flexibility index (Phi) is 12.5. The van der Waals surface area contributed by atoms with Gasteiger partial charge in [-0.1, -0.05) is 12.1 Å². The highest BCUT2D eigenvalue weighted by Crippen LogP contribution is 2.52. The lowest BCUT2D eigenvalue weighted by atomic mass is 9.77. The molecule has 0 radical (unpaired) electrons. The number of benzene rings is 2. The van der Waals surface area contributed by atoms with Crippen molar-refractivity contribution in [3.63, 3.8) is 0 Å². The molecule has 5 rings (SSSR count). The fraction of sp³-hybridized carbons (Fsp3) is 0.500. The lowest BCUT2D eigenvalue weighted by molar-refractivity contribution is -0.149. The van der Waals surface area contributed by atoms with E-state index < -0.39 is 25.2 Å². The van der Waals surface area contributed by atoms with Crippen molar-refractivity contribution < 1.29 is 45.8 Å². The predicted octanol–water partition coefficient (Wildman–Crippen LogP) is 8.57. The second-order valence-corrected chi connectivity index (χ2v) is 14.6. The number of ether oxygens (including phenoxy) is 2. The highest BCUT2D eigenvalue weighted by Gasteiger charge is 2.38. The third-order valence-corrected chi connectivity index (χ3v) is 11.1. The minimum Gasteiger partial charge on any atom is -0.492 e. The van der Waals surface area contributed by atoms with Crippen molar-refractivity contribution in [1.82, 2.24) is 14.9 Å². The van der Waals surface area contributed by atoms with Gasteiger partial charge in [-0.3, -0.25) is 14.2 Å². The Morgan fingerprint density at radius 1 is 0.962 bits per heavy atom. The van der Waals surface area contributed by atoms with Crippen LogP contribution in [0.2, 0.25) is 0 Å². The van der Waals surface area contributed by atoms with Crippen LogP contribution in [0, 0.1) is 5.92 Å². The van der Waals surface area contributed by atoms with E-state index in [0.717, 1.165) is 24.0 Å². The molecule has 0 bridgehead atoms. The van der Waals surface area contributed by atoms with E-state index in [1.165, 1.54) is 4.90 Å². The van der Waals surface area contributed by atoms with Gasteiger partial charge in [0, 0.05) is 19.8 Å². The normalized spacial score (nSPS) is 17.5. The highest BCUT2D eigenvalue weighted by atomic mass is 31.2. The van der Waals surface area contributed by atoms with Gasteiger partial charge in [0.25, 0.3) is 5.91 Å². The van der Waals surface area contributed by atoms with E-state index in [9.17, 15) is 27.3 Å². The molecule has 1 fully saturated rings. The molecule has 2 N–H and O–H groups in total. The summed E-state index contributed by atoms with van der Waals surface area (Å²) < 4.78 is 77.9. The molecule has 1 aromatic heterocycles. The third kappa shape index (κ3) is 8.87. The van der Waals surface area contributed by atoms with Gasteiger partial charge in [-0.25, -0.2) is 4.98 Å². The zero-order chi connectivity index (χ0) is 37.6. The molecule has 2 aliphatic rings. The van der Waals surface area contributed by atoms with Crippen molar-refractivity contribution >= 4 is 42.6 Å². The van der Waals surface area contributed by atoms with Gasteiger partial charge in [-0.15, -0.1) is 0 Å². The number of carbonyl (C=O) groups excluding carboxylic acids is 2. The summed E-state index contributed by atoms with van der Waals surface area (Å²) in [7, 11) is -1.77. The van der Waals surface area contributed by atoms with E-state index in [0.29, 0.717) is 54.8 Å². The number of anilines is 4. The number of halogens is 3. The summed E-state index contributed by atoms with van der Waals surface area (Å²) in [6, 6.07) is 8.41. The molecule has 2 heterocycles. The summed E-state index contributed by atoms with van der Waals surface area (Å²) in [5.41, 5.74) is 2.03. The van der Waals surface area contributed by atoms with E-state index in [1.54, 1.807) is 59.0 Å². The SMILES string of the molecule is CCOc1cc(CP(=O)(OCC)OCC)ccc1Nc1ncc(C(F)(F)F)c(Nc2ccc([C@H]3CC[C@@H](C(=O)OCC)CC3)c3c2C(=O)N(C)C3)n1. The molecule has 12 nitrogen and oxygen atoms in total. The molecule has 0 atom stereocenters. The first-order valence-corrected chi connectivity index (χ1v) is 19.2. The topological polar surface area (TPSA) is 141 Å². The van der Waals surface area contributed by atoms with Crippen molar-refractivity contribution in [2.45, 2.75) is 78.2 Å². The number of alkyl halides is 3. The molecule has 2 aromatic carbocycles. The third-order valence-electron chi connectivity index (χ3n) is 9.06. The van der Waals surface area contributed by atoms with Crippen LogP contribution in [0.15, 0.2) is 36.5 Å². The Labute approximate surface area is 301 Å². The highest BCUT2D eigenvalue weighted by molar-refractivity contribution is 7.53. The van der Waals surface area contributed by atoms with Crippen LogP contribution in [0.25, 0.3) is 0 Å². The molecular formula is C36H45F3N5O7P. The van der Waals surface area contributed by atoms with Crippen LogP contribution in [0.1, 0.15) is 91.9 Å². The Balaban J connectivity index is 1.44. The van der Waals surface area contributed by atoms with Gasteiger partial charge in [0.15, 0.2) is 0 Å². The quantitative estimate of drug-likeness (QED) is 0.114. The molecule has 52 heavy (non-hydrogen) atoms. The summed E-state index contributed by atoms with van der Waals surface area (Å²) in [6.45, 7) is 8.30. The summed E-state index contributed by atoms with van der Waals surface area (Å²) in [6.07, 6.45) is -1.38. The Morgan fingerprint density at radius 2 is 1.65 bits per heavy atom. The maximum atomic E-state index is 14.3. The lowest BCUT2D eigenvalue weighted by Crippen LogP contribution is -2.23. The number of amides is 1. The van der Waals surface area contributed by atoms with Gasteiger partial charge < -0.3 is 34.1 Å². The van der Waals surface area contributed by atoms with Crippen molar-refractivity contribution in [3.8, 4) is 5.75 Å². The van der Waals surface area contributed by atoms with Gasteiger partial charge in [0.05, 0.1) is 55.4 Å². The molecule has 1 saturated carbocycles. The van der Waals surface area contributed by atoms with Crippen LogP contribution in [0.3, 0.4) is 0 Å². The van der Waals surface area contributed by atoms with Gasteiger partial charge in [0.2, 0.25) is 5.95 Å². The zero-order valence-electron chi connectivity index (χ0n) is 30.0. The second-order valence-electron chi connectivity index (χ2n) is 12.6. The lowest BCUT2D eigenvalue weighted by Gasteiger charge is -2.29. The number of hydrogen-bond acceptors (Lipinski definition) is 11. The fourth-order valence-electron chi connectivity index (χ4n) is 6.75. The molecule has 3 aromatic rings. The average molecular weight is 748 g/mol. The van der Waals surface area contributed by atoms with E-state index in [-0.39, 0.29) is 61.3 Å². The van der Waals surface area contributed by atoms with E-state index >= 15 is 0 Å². The molecule has 16 heteroatoms. The number of carbonyl (C=O) groups is 2. The second kappa shape index (κ2) is 16.6. The molecule has 0 spiro atoms. The minimum absolute atomic E-state index is 0.00817. The number of rotatable bonds is 15. The van der Waals surface area contributed by atoms with Gasteiger partial charge in [-0.2, -0.15) is 18.2 Å². The largest absolute Gasteiger partial charge is 0.492 e. The number of nitrogens with zero attached hydrogens (tertiary/aromatic N) is 3. The smallest absolute Gasteiger partial charge is 0.421 e.